The monoisotopic (exact) mass is 755 g/mol. The van der Waals surface area contributed by atoms with Crippen LogP contribution in [0.1, 0.15) is 47.6 Å². The van der Waals surface area contributed by atoms with E-state index >= 15 is 0 Å². The average Bonchev–Trinajstić information content (AvgIpc) is 3.69. The van der Waals surface area contributed by atoms with Gasteiger partial charge < -0.3 is 0 Å². The number of hydrogen-bond acceptors (Lipinski definition) is 0. The summed E-state index contributed by atoms with van der Waals surface area (Å²) in [6.07, 6.45) is 4.86. The molecule has 2 aliphatic carbocycles. The molecular weight excluding hydrogens is 719 g/mol. The molecule has 6 aromatic rings. The summed E-state index contributed by atoms with van der Waals surface area (Å²) in [5.74, 6) is -1.73. The first-order valence-electron chi connectivity index (χ1n) is 17.0. The second-order valence-corrected chi connectivity index (χ2v) is 56.6. The van der Waals surface area contributed by atoms with Gasteiger partial charge in [-0.3, -0.25) is 0 Å². The molecule has 0 bridgehead atoms. The third kappa shape index (κ3) is 4.86. The Bertz CT molecular complexity index is 2290. The Hall–Kier alpha value is -3.26. The average molecular weight is 758 g/mol. The van der Waals surface area contributed by atoms with Gasteiger partial charge in [0.15, 0.2) is 0 Å². The Balaban J connectivity index is 1.41. The molecule has 0 aromatic heterocycles. The molecule has 0 radical (unpaired) electrons. The molecule has 48 heavy (non-hydrogen) atoms. The van der Waals surface area contributed by atoms with E-state index in [1.54, 1.807) is 0 Å². The zero-order chi connectivity index (χ0) is 33.2. The van der Waals surface area contributed by atoms with Gasteiger partial charge in [0.25, 0.3) is 0 Å². The van der Waals surface area contributed by atoms with Crippen molar-refractivity contribution in [2.75, 3.05) is 0 Å². The third-order valence-corrected chi connectivity index (χ3v) is 63.0. The number of rotatable bonds is 6. The fraction of sp³-hybridized carbons (Fsp3) is 0.136. The second kappa shape index (κ2) is 12.0. The normalized spacial score (nSPS) is 17.9. The molecule has 0 amide bonds. The van der Waals surface area contributed by atoms with Crippen molar-refractivity contribution in [3.8, 4) is 22.3 Å². The van der Waals surface area contributed by atoms with Gasteiger partial charge in [-0.1, -0.05) is 0 Å². The summed E-state index contributed by atoms with van der Waals surface area (Å²) < 4.78 is -0.0133. The molecule has 0 nitrogen and oxygen atoms in total. The molecule has 0 saturated carbocycles. The third-order valence-electron chi connectivity index (χ3n) is 11.1. The van der Waals surface area contributed by atoms with Gasteiger partial charge in [0.05, 0.1) is 0 Å². The van der Waals surface area contributed by atoms with E-state index in [1.807, 2.05) is 0 Å². The van der Waals surface area contributed by atoms with Crippen molar-refractivity contribution in [3.05, 3.63) is 172 Å². The first-order valence-corrected chi connectivity index (χ1v) is 33.3. The molecule has 2 aliphatic rings. The number of halogens is 2. The minimum absolute atomic E-state index is 0.0280. The van der Waals surface area contributed by atoms with Crippen LogP contribution in [-0.2, 0) is 15.6 Å². The van der Waals surface area contributed by atoms with Crippen LogP contribution in [0.15, 0.2) is 139 Å². The fourth-order valence-corrected chi connectivity index (χ4v) is 40.3. The molecule has 237 valence electrons. The van der Waals surface area contributed by atoms with Crippen LogP contribution in [0, 0.1) is 6.92 Å². The van der Waals surface area contributed by atoms with E-state index in [2.05, 4.69) is 173 Å². The van der Waals surface area contributed by atoms with Crippen molar-refractivity contribution in [1.29, 1.82) is 0 Å². The molecule has 2 unspecified atom stereocenters. The van der Waals surface area contributed by atoms with Gasteiger partial charge in [0, 0.05) is 0 Å². The van der Waals surface area contributed by atoms with Crippen molar-refractivity contribution in [3.63, 3.8) is 0 Å². The standard InChI is InChI=1S/C25H17.C17H15.C2H7Si.2ClH.Zr/c1-2-8-19(9-3-1)24-12-6-11-22-16-23(17-25(22)24)21-14-13-18-7-4-5-10-20(18)15-21;1-12-10-16-13(2)8-9-15(17(16)11-12)14-6-4-3-5-7-14;1-3-2;;;/h1-17H;3-11H,1-2H3;3H,1-2H3;2*1H;/q;;;;;+2/p-2. The van der Waals surface area contributed by atoms with Crippen LogP contribution >= 0.6 is 17.0 Å². The van der Waals surface area contributed by atoms with E-state index in [-0.39, 0.29) is 7.25 Å². The zero-order valence-electron chi connectivity index (χ0n) is 27.8. The topological polar surface area (TPSA) is 0 Å². The summed E-state index contributed by atoms with van der Waals surface area (Å²) in [6.45, 7) is 9.42. The van der Waals surface area contributed by atoms with Crippen LogP contribution in [-0.4, -0.2) is 5.92 Å². The Kier molecular flexibility index (Phi) is 7.97. The summed E-state index contributed by atoms with van der Waals surface area (Å²) >= 11 is -5.01. The molecule has 6 aromatic carbocycles. The van der Waals surface area contributed by atoms with Crippen LogP contribution in [0.25, 0.3) is 50.8 Å². The van der Waals surface area contributed by atoms with Gasteiger partial charge in [0.2, 0.25) is 0 Å². The first kappa shape index (κ1) is 32.0. The van der Waals surface area contributed by atoms with Crippen molar-refractivity contribution in [2.24, 2.45) is 0 Å². The van der Waals surface area contributed by atoms with Crippen molar-refractivity contribution >= 4 is 51.4 Å². The quantitative estimate of drug-likeness (QED) is 0.148. The van der Waals surface area contributed by atoms with E-state index < -0.39 is 21.5 Å². The molecule has 0 saturated heterocycles. The predicted molar refractivity (Wildman–Crippen MR) is 210 cm³/mol. The second-order valence-electron chi connectivity index (χ2n) is 14.1. The van der Waals surface area contributed by atoms with Gasteiger partial charge in [-0.2, -0.15) is 0 Å². The number of allylic oxidation sites excluding steroid dienone is 2. The molecule has 0 aliphatic heterocycles. The molecule has 0 heterocycles. The van der Waals surface area contributed by atoms with Crippen LogP contribution in [0.4, 0.5) is 0 Å². The summed E-state index contributed by atoms with van der Waals surface area (Å²) in [4.78, 5) is 0. The Morgan fingerprint density at radius 2 is 1.17 bits per heavy atom. The Morgan fingerprint density at radius 3 is 1.83 bits per heavy atom. The van der Waals surface area contributed by atoms with E-state index in [4.69, 9.17) is 17.0 Å². The molecule has 0 fully saturated rings. The Labute approximate surface area is 293 Å². The van der Waals surface area contributed by atoms with Crippen molar-refractivity contribution in [1.82, 2.24) is 0 Å². The summed E-state index contributed by atoms with van der Waals surface area (Å²) in [7, 11) is 17.6. The number of hydrogen-bond donors (Lipinski definition) is 0. The molecule has 4 heteroatoms. The van der Waals surface area contributed by atoms with Crippen molar-refractivity contribution < 1.29 is 15.6 Å². The maximum atomic E-state index is 8.78. The van der Waals surface area contributed by atoms with Crippen LogP contribution in [0.3, 0.4) is 0 Å². The number of aryl methyl sites for hydroxylation is 1. The Morgan fingerprint density at radius 1 is 0.542 bits per heavy atom. The number of benzene rings is 6. The van der Waals surface area contributed by atoms with Gasteiger partial charge in [-0.25, -0.2) is 0 Å². The minimum atomic E-state index is -5.01. The fourth-order valence-electron chi connectivity index (χ4n) is 8.72. The summed E-state index contributed by atoms with van der Waals surface area (Å²) in [6, 6.07) is 48.5. The van der Waals surface area contributed by atoms with Gasteiger partial charge in [-0.05, 0) is 0 Å². The van der Waals surface area contributed by atoms with Gasteiger partial charge in [0.1, 0.15) is 0 Å². The SMILES string of the molecule is CC1=Cc2c(-c3ccccc3)ccc(C)c2[CH]1[Zr]([Cl])([Cl])([CH]1C(c2ccc3ccccc3c2)=Cc2c(-c3ccccc3)cccc21)[SiH](C)C. The van der Waals surface area contributed by atoms with Gasteiger partial charge >= 0.3 is 296 Å². The van der Waals surface area contributed by atoms with E-state index in [1.165, 1.54) is 77.6 Å². The molecule has 0 N–H and O–H groups in total. The molecular formula is C44H39Cl2SiZr. The predicted octanol–water partition coefficient (Wildman–Crippen LogP) is 13.2. The molecule has 2 atom stereocenters. The van der Waals surface area contributed by atoms with Gasteiger partial charge in [-0.15, -0.1) is 0 Å². The summed E-state index contributed by atoms with van der Waals surface area (Å²) in [5, 5.41) is 2.48. The molecule has 8 rings (SSSR count). The first-order chi connectivity index (χ1) is 23.2. The van der Waals surface area contributed by atoms with Crippen LogP contribution in [0.2, 0.25) is 13.1 Å². The number of fused-ring (bicyclic) bond motifs is 3. The zero-order valence-corrected chi connectivity index (χ0v) is 33.0. The van der Waals surface area contributed by atoms with E-state index in [9.17, 15) is 0 Å². The van der Waals surface area contributed by atoms with Crippen molar-refractivity contribution in [2.45, 2.75) is 34.2 Å². The molecule has 0 spiro atoms. The van der Waals surface area contributed by atoms with Crippen LogP contribution in [0.5, 0.6) is 0 Å². The van der Waals surface area contributed by atoms with Crippen LogP contribution < -0.4 is 0 Å². The van der Waals surface area contributed by atoms with E-state index in [0.29, 0.717) is 0 Å². The maximum absolute atomic E-state index is 8.78. The van der Waals surface area contributed by atoms with E-state index in [0.717, 1.165) is 0 Å². The summed E-state index contributed by atoms with van der Waals surface area (Å²) in [5.41, 5.74) is 15.3.